The van der Waals surface area contributed by atoms with Crippen LogP contribution in [0.25, 0.3) is 0 Å². The molecule has 0 unspecified atom stereocenters. The second kappa shape index (κ2) is 8.30. The second-order valence-electron chi connectivity index (χ2n) is 3.89. The summed E-state index contributed by atoms with van der Waals surface area (Å²) in [5.41, 5.74) is 2.28. The van der Waals surface area contributed by atoms with Gasteiger partial charge in [0.25, 0.3) is 0 Å². The summed E-state index contributed by atoms with van der Waals surface area (Å²) >= 11 is 4.25. The third-order valence-electron chi connectivity index (χ3n) is 1.70. The molecule has 1 rings (SSSR count). The summed E-state index contributed by atoms with van der Waals surface area (Å²) in [6, 6.07) is 7.26. The van der Waals surface area contributed by atoms with Gasteiger partial charge in [-0.15, -0.1) is 12.1 Å². The van der Waals surface area contributed by atoms with E-state index >= 15 is 0 Å². The molecular weight excluding hydrogens is 305 g/mol. The van der Waals surface area contributed by atoms with Crippen LogP contribution in [0.4, 0.5) is 0 Å². The molecule has 15 heavy (non-hydrogen) atoms. The first-order valence-corrected chi connectivity index (χ1v) is 11.9. The maximum absolute atomic E-state index is 5.61. The topological polar surface area (TPSA) is 9.23 Å². The Morgan fingerprint density at radius 2 is 1.73 bits per heavy atom. The molecule has 0 aliphatic carbocycles. The molecular formula is C12H17BrOZn. The van der Waals surface area contributed by atoms with Crippen molar-refractivity contribution in [2.75, 3.05) is 6.61 Å². The van der Waals surface area contributed by atoms with Crippen molar-refractivity contribution < 1.29 is 21.1 Å². The molecule has 0 N–H and O–H groups in total. The normalized spacial score (nSPS) is 9.60. The van der Waals surface area contributed by atoms with Gasteiger partial charge < -0.3 is 4.74 Å². The van der Waals surface area contributed by atoms with Gasteiger partial charge in [-0.2, -0.15) is 17.2 Å². The maximum atomic E-state index is 5.61. The molecule has 1 aromatic rings. The van der Waals surface area contributed by atoms with Gasteiger partial charge in [0.15, 0.2) is 0 Å². The Bertz CT molecular complexity index is 267. The molecule has 0 spiro atoms. The first-order chi connectivity index (χ1) is 7.08. The Kier molecular flexibility index (Phi) is 8.36. The summed E-state index contributed by atoms with van der Waals surface area (Å²) in [5, 5.41) is 0. The van der Waals surface area contributed by atoms with Gasteiger partial charge in [-0.05, 0) is 5.92 Å². The van der Waals surface area contributed by atoms with Gasteiger partial charge in [-0.1, -0.05) is 27.7 Å². The number of hydrogen-bond acceptors (Lipinski definition) is 1. The van der Waals surface area contributed by atoms with E-state index in [4.69, 9.17) is 4.74 Å². The molecule has 0 atom stereocenters. The molecule has 0 fully saturated rings. The van der Waals surface area contributed by atoms with E-state index in [9.17, 15) is 0 Å². The minimum atomic E-state index is 0.574. The predicted molar refractivity (Wildman–Crippen MR) is 64.0 cm³/mol. The van der Waals surface area contributed by atoms with Crippen LogP contribution >= 0.6 is 13.6 Å². The zero-order valence-electron chi connectivity index (χ0n) is 9.93. The van der Waals surface area contributed by atoms with Crippen LogP contribution < -0.4 is 4.74 Å². The number of hydrogen-bond donors (Lipinski definition) is 0. The summed E-state index contributed by atoms with van der Waals surface area (Å²) in [4.78, 5) is 0. The molecule has 0 amide bonds. The van der Waals surface area contributed by atoms with Gasteiger partial charge in [0.2, 0.25) is 0 Å². The molecule has 0 saturated carbocycles. The molecule has 0 aromatic heterocycles. The van der Waals surface area contributed by atoms with Gasteiger partial charge in [-0.3, -0.25) is 0 Å². The van der Waals surface area contributed by atoms with E-state index in [-0.39, 0.29) is 0 Å². The molecule has 80 valence electrons. The second-order valence-corrected chi connectivity index (χ2v) is 3.89. The molecule has 3 heteroatoms. The first-order valence-electron chi connectivity index (χ1n) is 4.98. The molecule has 0 bridgehead atoms. The van der Waals surface area contributed by atoms with Crippen molar-refractivity contribution in [1.82, 2.24) is 0 Å². The van der Waals surface area contributed by atoms with E-state index < -0.39 is 0 Å². The Labute approximate surface area is 110 Å². The fourth-order valence-corrected chi connectivity index (χ4v) is 1.20. The number of aryl methyl sites for hydroxylation is 2. The molecule has 0 saturated heterocycles. The molecule has 0 aliphatic rings. The van der Waals surface area contributed by atoms with Crippen molar-refractivity contribution in [3.63, 3.8) is 0 Å². The number of benzene rings is 1. The third-order valence-corrected chi connectivity index (χ3v) is 1.70. The molecule has 1 aromatic carbocycles. The van der Waals surface area contributed by atoms with Gasteiger partial charge in [0, 0.05) is 5.75 Å². The van der Waals surface area contributed by atoms with E-state index in [1.165, 1.54) is 16.3 Å². The van der Waals surface area contributed by atoms with Crippen molar-refractivity contribution in [2.45, 2.75) is 27.7 Å². The monoisotopic (exact) mass is 320 g/mol. The Hall–Kier alpha value is 0.123. The van der Waals surface area contributed by atoms with Crippen molar-refractivity contribution >= 4 is 13.6 Å². The van der Waals surface area contributed by atoms with E-state index in [1.54, 1.807) is 0 Å². The first kappa shape index (κ1) is 15.1. The van der Waals surface area contributed by atoms with Gasteiger partial charge in [0.1, 0.15) is 0 Å². The van der Waals surface area contributed by atoms with Crippen molar-refractivity contribution in [3.8, 4) is 5.75 Å². The number of ether oxygens (including phenoxy) is 1. The van der Waals surface area contributed by atoms with E-state index in [2.05, 4.69) is 33.5 Å². The third kappa shape index (κ3) is 7.08. The van der Waals surface area contributed by atoms with Crippen molar-refractivity contribution in [3.05, 3.63) is 29.3 Å². The minimum absolute atomic E-state index is 0.574. The van der Waals surface area contributed by atoms with E-state index in [0.29, 0.717) is 5.92 Å². The quantitative estimate of drug-likeness (QED) is 0.604. The Balaban J connectivity index is 0.000000921. The van der Waals surface area contributed by atoms with Gasteiger partial charge in [0.05, 0.1) is 6.61 Å². The fourth-order valence-electron chi connectivity index (χ4n) is 1.20. The van der Waals surface area contributed by atoms with Crippen LogP contribution in [0.2, 0.25) is 0 Å². The Morgan fingerprint density at radius 1 is 1.27 bits per heavy atom. The van der Waals surface area contributed by atoms with Crippen LogP contribution in [0, 0.1) is 25.8 Å². The van der Waals surface area contributed by atoms with Gasteiger partial charge >= 0.3 is 30.0 Å². The van der Waals surface area contributed by atoms with Crippen LogP contribution in [0.5, 0.6) is 5.75 Å². The molecule has 1 nitrogen and oxygen atoms in total. The predicted octanol–water partition coefficient (Wildman–Crippen LogP) is 3.98. The standard InChI is InChI=1S/C12H17O.BrH.Zn/c1-9(2)8-13-12-6-10(3)5-11(4)7-12;;/h6-7,9H,8H2,1-4H3;1H;/q-1;;+2/p-1. The zero-order valence-corrected chi connectivity index (χ0v) is 14.5. The average molecular weight is 323 g/mol. The van der Waals surface area contributed by atoms with Gasteiger partial charge in [-0.25, -0.2) is 0 Å². The number of halogens is 1. The summed E-state index contributed by atoms with van der Waals surface area (Å²) in [6.07, 6.45) is 0. The Morgan fingerprint density at radius 3 is 2.13 bits per heavy atom. The van der Waals surface area contributed by atoms with E-state index in [0.717, 1.165) is 23.5 Å². The zero-order chi connectivity index (χ0) is 11.8. The van der Waals surface area contributed by atoms with Crippen LogP contribution in [0.3, 0.4) is 0 Å². The van der Waals surface area contributed by atoms with Crippen LogP contribution in [0.15, 0.2) is 12.1 Å². The van der Waals surface area contributed by atoms with Crippen LogP contribution in [0.1, 0.15) is 25.0 Å². The van der Waals surface area contributed by atoms with E-state index in [1.807, 2.05) is 26.0 Å². The summed E-state index contributed by atoms with van der Waals surface area (Å²) in [5.74, 6) is 1.53. The van der Waals surface area contributed by atoms with Crippen LogP contribution in [-0.2, 0) is 16.3 Å². The summed E-state index contributed by atoms with van der Waals surface area (Å²) < 4.78 is 5.61. The number of rotatable bonds is 3. The SMILES string of the molecule is Cc1[c-]c(C)cc(OCC(C)C)c1.[Zn+][Br]. The van der Waals surface area contributed by atoms with Crippen LogP contribution in [-0.4, -0.2) is 6.61 Å². The average Bonchev–Trinajstić information content (AvgIpc) is 2.16. The van der Waals surface area contributed by atoms with Crippen molar-refractivity contribution in [1.29, 1.82) is 0 Å². The summed E-state index contributed by atoms with van der Waals surface area (Å²) in [6.45, 7) is 9.15. The molecule has 0 aliphatic heterocycles. The fraction of sp³-hybridized carbons (Fsp3) is 0.500. The molecule has 0 heterocycles. The molecule has 0 radical (unpaired) electrons. The summed E-state index contributed by atoms with van der Waals surface area (Å²) in [7, 11) is 0. The van der Waals surface area contributed by atoms with Crippen molar-refractivity contribution in [2.24, 2.45) is 5.92 Å².